The Morgan fingerprint density at radius 3 is 2.76 bits per heavy atom. The molecule has 0 bridgehead atoms. The van der Waals surface area contributed by atoms with Crippen molar-refractivity contribution in [2.75, 3.05) is 19.9 Å². The Labute approximate surface area is 210 Å². The SMILES string of the molecule is CCC1(O)C(=O)OCc2c1cc1n(c2=O)Cc2c-1nc1cc3c(cc1c2C=CCNC(=O)CN)OCO3. The van der Waals surface area contributed by atoms with Crippen LogP contribution in [0, 0.1) is 0 Å². The van der Waals surface area contributed by atoms with Crippen molar-refractivity contribution in [3.8, 4) is 22.9 Å². The number of nitrogens with one attached hydrogen (secondary N) is 1. The Hall–Kier alpha value is -4.22. The van der Waals surface area contributed by atoms with Gasteiger partial charge in [0.15, 0.2) is 17.1 Å². The fraction of sp³-hybridized carbons (Fsp3) is 0.308. The first-order valence-corrected chi connectivity index (χ1v) is 11.9. The van der Waals surface area contributed by atoms with Gasteiger partial charge in [-0.15, -0.1) is 0 Å². The highest BCUT2D eigenvalue weighted by Crippen LogP contribution is 2.43. The lowest BCUT2D eigenvalue weighted by molar-refractivity contribution is -0.172. The van der Waals surface area contributed by atoms with E-state index in [4.69, 9.17) is 24.9 Å². The molecule has 0 fully saturated rings. The molecule has 5 heterocycles. The molecule has 0 saturated heterocycles. The summed E-state index contributed by atoms with van der Waals surface area (Å²) in [5.41, 5.74) is 6.92. The maximum atomic E-state index is 13.5. The lowest BCUT2D eigenvalue weighted by Gasteiger charge is -2.31. The molecule has 3 aromatic rings. The molecule has 3 aliphatic rings. The summed E-state index contributed by atoms with van der Waals surface area (Å²) in [6.07, 6.45) is 3.73. The third-order valence-electron chi connectivity index (χ3n) is 7.11. The number of benzene rings is 1. The van der Waals surface area contributed by atoms with Gasteiger partial charge in [0.25, 0.3) is 5.56 Å². The molecular weight excluding hydrogens is 480 g/mol. The Balaban J connectivity index is 1.56. The van der Waals surface area contributed by atoms with Gasteiger partial charge in [0.1, 0.15) is 6.61 Å². The van der Waals surface area contributed by atoms with E-state index in [0.29, 0.717) is 28.4 Å². The average Bonchev–Trinajstić information content (AvgIpc) is 3.51. The summed E-state index contributed by atoms with van der Waals surface area (Å²) in [4.78, 5) is 42.4. The zero-order valence-corrected chi connectivity index (χ0v) is 20.0. The van der Waals surface area contributed by atoms with Crippen LogP contribution in [0.2, 0.25) is 0 Å². The van der Waals surface area contributed by atoms with Gasteiger partial charge < -0.3 is 34.9 Å². The normalized spacial score (nSPS) is 19.1. The maximum Gasteiger partial charge on any atom is 0.343 e. The van der Waals surface area contributed by atoms with Gasteiger partial charge in [-0.3, -0.25) is 9.59 Å². The number of pyridine rings is 2. The number of carbonyl (C=O) groups is 2. The van der Waals surface area contributed by atoms with E-state index in [1.165, 1.54) is 0 Å². The molecule has 1 unspecified atom stereocenters. The van der Waals surface area contributed by atoms with E-state index in [9.17, 15) is 19.5 Å². The van der Waals surface area contributed by atoms with Gasteiger partial charge in [0.2, 0.25) is 12.7 Å². The van der Waals surface area contributed by atoms with Crippen LogP contribution in [0.5, 0.6) is 11.5 Å². The van der Waals surface area contributed by atoms with Gasteiger partial charge in [-0.1, -0.05) is 19.1 Å². The first-order chi connectivity index (χ1) is 17.9. The van der Waals surface area contributed by atoms with Gasteiger partial charge in [0.05, 0.1) is 35.6 Å². The molecule has 11 heteroatoms. The minimum atomic E-state index is -1.90. The summed E-state index contributed by atoms with van der Waals surface area (Å²) in [5.74, 6) is 0.108. The van der Waals surface area contributed by atoms with Crippen LogP contribution in [-0.4, -0.2) is 46.4 Å². The molecule has 6 rings (SSSR count). The van der Waals surface area contributed by atoms with Crippen molar-refractivity contribution in [3.63, 3.8) is 0 Å². The van der Waals surface area contributed by atoms with Crippen molar-refractivity contribution in [3.05, 3.63) is 56.9 Å². The third-order valence-corrected chi connectivity index (χ3v) is 7.11. The lowest BCUT2D eigenvalue weighted by atomic mass is 9.86. The molecule has 190 valence electrons. The second kappa shape index (κ2) is 8.43. The smallest absolute Gasteiger partial charge is 0.343 e. The monoisotopic (exact) mass is 504 g/mol. The van der Waals surface area contributed by atoms with E-state index in [1.807, 2.05) is 12.1 Å². The number of carbonyl (C=O) groups excluding carboxylic acids is 2. The Kier molecular flexibility index (Phi) is 5.28. The number of nitrogens with zero attached hydrogens (tertiary/aromatic N) is 2. The zero-order valence-electron chi connectivity index (χ0n) is 20.0. The van der Waals surface area contributed by atoms with Crippen LogP contribution in [-0.2, 0) is 33.1 Å². The quantitative estimate of drug-likeness (QED) is 0.336. The van der Waals surface area contributed by atoms with Crippen LogP contribution >= 0.6 is 0 Å². The van der Waals surface area contributed by atoms with Crippen LogP contribution in [0.1, 0.15) is 35.6 Å². The molecule has 4 N–H and O–H groups in total. The summed E-state index contributed by atoms with van der Waals surface area (Å²) in [6, 6.07) is 5.31. The summed E-state index contributed by atoms with van der Waals surface area (Å²) >= 11 is 0. The molecule has 37 heavy (non-hydrogen) atoms. The predicted molar refractivity (Wildman–Crippen MR) is 132 cm³/mol. The minimum absolute atomic E-state index is 0.0612. The Morgan fingerprint density at radius 2 is 2.00 bits per heavy atom. The fourth-order valence-electron chi connectivity index (χ4n) is 5.11. The van der Waals surface area contributed by atoms with Crippen molar-refractivity contribution in [1.29, 1.82) is 0 Å². The van der Waals surface area contributed by atoms with Crippen LogP contribution in [0.4, 0.5) is 0 Å². The number of nitrogens with two attached hydrogens (primary N) is 1. The minimum Gasteiger partial charge on any atom is -0.458 e. The maximum absolute atomic E-state index is 13.5. The first kappa shape index (κ1) is 23.2. The van der Waals surface area contributed by atoms with Crippen molar-refractivity contribution in [2.24, 2.45) is 5.73 Å². The number of amides is 1. The number of aliphatic hydroxyl groups is 1. The van der Waals surface area contributed by atoms with Crippen molar-refractivity contribution >= 4 is 28.9 Å². The van der Waals surface area contributed by atoms with Gasteiger partial charge in [-0.2, -0.15) is 0 Å². The van der Waals surface area contributed by atoms with Gasteiger partial charge in [-0.25, -0.2) is 9.78 Å². The summed E-state index contributed by atoms with van der Waals surface area (Å²) in [6.45, 7) is 1.97. The van der Waals surface area contributed by atoms with Crippen LogP contribution < -0.4 is 26.1 Å². The third kappa shape index (κ3) is 3.42. The number of aromatic nitrogens is 2. The first-order valence-electron chi connectivity index (χ1n) is 11.9. The zero-order chi connectivity index (χ0) is 25.9. The standard InChI is InChI=1S/C26H24N4O7/c1-2-26(34)17-7-19-23-15(10-30(19)24(32)16(17)11-35-25(26)33)13(4-3-5-28-22(31)9-27)14-6-20-21(37-12-36-20)8-18(14)29-23/h3-4,6-8,34H,2,5,9-12,27H2,1H3,(H,28,31). The molecule has 11 nitrogen and oxygen atoms in total. The van der Waals surface area contributed by atoms with Gasteiger partial charge in [-0.05, 0) is 24.1 Å². The highest BCUT2D eigenvalue weighted by Gasteiger charge is 2.45. The summed E-state index contributed by atoms with van der Waals surface area (Å²) in [7, 11) is 0. The molecular formula is C26H24N4O7. The van der Waals surface area contributed by atoms with Crippen molar-refractivity contribution < 1.29 is 28.9 Å². The number of rotatable bonds is 5. The van der Waals surface area contributed by atoms with Gasteiger partial charge >= 0.3 is 5.97 Å². The average molecular weight is 504 g/mol. The second-order valence-corrected chi connectivity index (χ2v) is 9.09. The highest BCUT2D eigenvalue weighted by atomic mass is 16.7. The molecule has 1 aromatic carbocycles. The van der Waals surface area contributed by atoms with E-state index < -0.39 is 11.6 Å². The van der Waals surface area contributed by atoms with E-state index >= 15 is 0 Å². The number of cyclic esters (lactones) is 1. The molecule has 0 saturated carbocycles. The largest absolute Gasteiger partial charge is 0.458 e. The van der Waals surface area contributed by atoms with Gasteiger partial charge in [0, 0.05) is 29.1 Å². The molecule has 0 spiro atoms. The van der Waals surface area contributed by atoms with Crippen molar-refractivity contribution in [2.45, 2.75) is 32.1 Å². The topological polar surface area (TPSA) is 155 Å². The van der Waals surface area contributed by atoms with E-state index in [1.54, 1.807) is 29.7 Å². The fourth-order valence-corrected chi connectivity index (χ4v) is 5.11. The van der Waals surface area contributed by atoms with E-state index in [0.717, 1.165) is 16.5 Å². The van der Waals surface area contributed by atoms with E-state index in [2.05, 4.69) is 5.32 Å². The number of esters is 1. The van der Waals surface area contributed by atoms with E-state index in [-0.39, 0.29) is 62.0 Å². The van der Waals surface area contributed by atoms with Crippen LogP contribution in [0.3, 0.4) is 0 Å². The predicted octanol–water partition coefficient (Wildman–Crippen LogP) is 0.896. The molecule has 3 aliphatic heterocycles. The number of fused-ring (bicyclic) bond motifs is 6. The summed E-state index contributed by atoms with van der Waals surface area (Å²) < 4.78 is 17.8. The number of ether oxygens (including phenoxy) is 3. The molecule has 2 aromatic heterocycles. The Morgan fingerprint density at radius 1 is 1.22 bits per heavy atom. The second-order valence-electron chi connectivity index (χ2n) is 9.09. The summed E-state index contributed by atoms with van der Waals surface area (Å²) in [5, 5.41) is 14.6. The number of hydrogen-bond acceptors (Lipinski definition) is 9. The molecule has 0 aliphatic carbocycles. The molecule has 1 amide bonds. The highest BCUT2D eigenvalue weighted by molar-refractivity contribution is 5.95. The van der Waals surface area contributed by atoms with Crippen LogP contribution in [0.25, 0.3) is 28.4 Å². The molecule has 1 atom stereocenters. The molecule has 0 radical (unpaired) electrons. The lowest BCUT2D eigenvalue weighted by Crippen LogP contribution is -2.44. The van der Waals surface area contributed by atoms with Crippen LogP contribution in [0.15, 0.2) is 29.1 Å². The Bertz CT molecular complexity index is 1590. The van der Waals surface area contributed by atoms with Crippen molar-refractivity contribution in [1.82, 2.24) is 14.9 Å². The number of hydrogen-bond donors (Lipinski definition) is 3.